The van der Waals surface area contributed by atoms with Gasteiger partial charge in [-0.1, -0.05) is 64.8 Å². The molecule has 0 unspecified atom stereocenters. The Morgan fingerprint density at radius 2 is 1.72 bits per heavy atom. The fourth-order valence-corrected chi connectivity index (χ4v) is 4.52. The Balaban J connectivity index is 1.87. The van der Waals surface area contributed by atoms with Gasteiger partial charge in [0.2, 0.25) is 0 Å². The van der Waals surface area contributed by atoms with Crippen LogP contribution in [0.25, 0.3) is 16.6 Å². The summed E-state index contributed by atoms with van der Waals surface area (Å²) in [6.07, 6.45) is 0. The Morgan fingerprint density at radius 3 is 2.48 bits per heavy atom. The van der Waals surface area contributed by atoms with Gasteiger partial charge < -0.3 is 0 Å². The summed E-state index contributed by atoms with van der Waals surface area (Å²) in [5, 5.41) is 1.88. The molecule has 4 rings (SSSR count). The molecule has 0 saturated carbocycles. The van der Waals surface area contributed by atoms with E-state index in [1.165, 1.54) is 22.4 Å². The van der Waals surface area contributed by atoms with E-state index >= 15 is 0 Å². The molecule has 1 aromatic heterocycles. The molecule has 3 aromatic carbocycles. The average molecular weight is 466 g/mol. The van der Waals surface area contributed by atoms with E-state index in [2.05, 4.69) is 4.98 Å². The van der Waals surface area contributed by atoms with Crippen LogP contribution in [0.1, 0.15) is 5.56 Å². The molecule has 0 radical (unpaired) electrons. The highest BCUT2D eigenvalue weighted by Gasteiger charge is 2.16. The van der Waals surface area contributed by atoms with E-state index in [1.54, 1.807) is 54.6 Å². The van der Waals surface area contributed by atoms with Crippen LogP contribution in [-0.4, -0.2) is 9.55 Å². The fraction of sp³-hybridized carbons (Fsp3) is 0.0476. The van der Waals surface area contributed by atoms with Gasteiger partial charge in [0.15, 0.2) is 5.16 Å². The maximum absolute atomic E-state index is 14.2. The second-order valence-electron chi connectivity index (χ2n) is 6.14. The molecule has 0 aliphatic heterocycles. The van der Waals surface area contributed by atoms with E-state index in [0.29, 0.717) is 42.4 Å². The van der Waals surface area contributed by atoms with Crippen LogP contribution in [0.15, 0.2) is 70.6 Å². The summed E-state index contributed by atoms with van der Waals surface area (Å²) in [5.41, 5.74) is 1.17. The summed E-state index contributed by atoms with van der Waals surface area (Å²) in [5.74, 6) is -0.202. The Kier molecular flexibility index (Phi) is 5.83. The van der Waals surface area contributed by atoms with E-state index in [4.69, 9.17) is 34.8 Å². The normalized spacial score (nSPS) is 11.2. The summed E-state index contributed by atoms with van der Waals surface area (Å²) in [6, 6.07) is 16.5. The van der Waals surface area contributed by atoms with Crippen LogP contribution in [0.5, 0.6) is 0 Å². The van der Waals surface area contributed by atoms with E-state index in [9.17, 15) is 9.18 Å². The number of para-hydroxylation sites is 1. The standard InChI is InChI=1S/C21H12Cl3FN2OS/c22-15-5-3-6-18(25)14(15)11-29-21-26-19-7-2-1-4-13(19)20(28)27(21)12-8-9-16(23)17(24)10-12/h1-10H,11H2. The first kappa shape index (κ1) is 20.2. The number of nitrogens with zero attached hydrogens (tertiary/aromatic N) is 2. The summed E-state index contributed by atoms with van der Waals surface area (Å²) >= 11 is 19.5. The van der Waals surface area contributed by atoms with Crippen LogP contribution >= 0.6 is 46.6 Å². The Morgan fingerprint density at radius 1 is 0.931 bits per heavy atom. The van der Waals surface area contributed by atoms with Gasteiger partial charge in [0, 0.05) is 16.3 Å². The Labute approximate surface area is 185 Å². The summed E-state index contributed by atoms with van der Waals surface area (Å²) in [6.45, 7) is 0. The monoisotopic (exact) mass is 464 g/mol. The summed E-state index contributed by atoms with van der Waals surface area (Å²) in [7, 11) is 0. The van der Waals surface area contributed by atoms with Crippen LogP contribution in [-0.2, 0) is 5.75 Å². The molecule has 146 valence electrons. The lowest BCUT2D eigenvalue weighted by molar-refractivity contribution is 0.617. The lowest BCUT2D eigenvalue weighted by atomic mass is 10.2. The van der Waals surface area contributed by atoms with Gasteiger partial charge in [-0.25, -0.2) is 9.37 Å². The average Bonchev–Trinajstić information content (AvgIpc) is 2.70. The van der Waals surface area contributed by atoms with Crippen LogP contribution < -0.4 is 5.56 Å². The molecule has 0 atom stereocenters. The van der Waals surface area contributed by atoms with Gasteiger partial charge in [0.1, 0.15) is 5.82 Å². The lowest BCUT2D eigenvalue weighted by Crippen LogP contribution is -2.21. The zero-order chi connectivity index (χ0) is 20.5. The molecule has 1 heterocycles. The van der Waals surface area contributed by atoms with Crippen molar-refractivity contribution in [2.75, 3.05) is 0 Å². The number of fused-ring (bicyclic) bond motifs is 1. The quantitative estimate of drug-likeness (QED) is 0.246. The predicted octanol–water partition coefficient (Wildman–Crippen LogP) is 6.78. The highest BCUT2D eigenvalue weighted by Crippen LogP contribution is 2.30. The van der Waals surface area contributed by atoms with E-state index in [-0.39, 0.29) is 11.3 Å². The van der Waals surface area contributed by atoms with Crippen LogP contribution in [0.4, 0.5) is 4.39 Å². The largest absolute Gasteiger partial charge is 0.268 e. The lowest BCUT2D eigenvalue weighted by Gasteiger charge is -2.14. The molecule has 0 spiro atoms. The van der Waals surface area contributed by atoms with E-state index < -0.39 is 5.82 Å². The van der Waals surface area contributed by atoms with Crippen LogP contribution in [0.2, 0.25) is 15.1 Å². The molecule has 0 fully saturated rings. The zero-order valence-corrected chi connectivity index (χ0v) is 17.8. The number of aromatic nitrogens is 2. The number of thioether (sulfide) groups is 1. The maximum Gasteiger partial charge on any atom is 0.266 e. The van der Waals surface area contributed by atoms with Crippen molar-refractivity contribution in [3.8, 4) is 5.69 Å². The topological polar surface area (TPSA) is 34.9 Å². The van der Waals surface area contributed by atoms with Crippen molar-refractivity contribution in [2.24, 2.45) is 0 Å². The molecule has 0 aliphatic carbocycles. The zero-order valence-electron chi connectivity index (χ0n) is 14.7. The van der Waals surface area contributed by atoms with Crippen molar-refractivity contribution < 1.29 is 4.39 Å². The van der Waals surface area contributed by atoms with Gasteiger partial charge in [0.25, 0.3) is 5.56 Å². The van der Waals surface area contributed by atoms with E-state index in [0.717, 1.165) is 0 Å². The molecular weight excluding hydrogens is 454 g/mol. The molecule has 0 bridgehead atoms. The van der Waals surface area contributed by atoms with Gasteiger partial charge >= 0.3 is 0 Å². The SMILES string of the molecule is O=c1c2ccccc2nc(SCc2c(F)cccc2Cl)n1-c1ccc(Cl)c(Cl)c1. The van der Waals surface area contributed by atoms with Gasteiger partial charge in [-0.2, -0.15) is 0 Å². The van der Waals surface area contributed by atoms with Crippen molar-refractivity contribution in [3.63, 3.8) is 0 Å². The number of rotatable bonds is 4. The number of hydrogen-bond donors (Lipinski definition) is 0. The minimum absolute atomic E-state index is 0.206. The van der Waals surface area contributed by atoms with Crippen molar-refractivity contribution >= 4 is 57.5 Å². The predicted molar refractivity (Wildman–Crippen MR) is 118 cm³/mol. The smallest absolute Gasteiger partial charge is 0.266 e. The highest BCUT2D eigenvalue weighted by atomic mass is 35.5. The molecule has 0 saturated heterocycles. The van der Waals surface area contributed by atoms with Gasteiger partial charge in [-0.3, -0.25) is 9.36 Å². The second-order valence-corrected chi connectivity index (χ2v) is 8.30. The first-order valence-electron chi connectivity index (χ1n) is 8.48. The molecule has 8 heteroatoms. The molecular formula is C21H12Cl3FN2OS. The molecule has 0 N–H and O–H groups in total. The maximum atomic E-state index is 14.2. The molecule has 29 heavy (non-hydrogen) atoms. The summed E-state index contributed by atoms with van der Waals surface area (Å²) < 4.78 is 15.6. The van der Waals surface area contributed by atoms with Crippen molar-refractivity contribution in [2.45, 2.75) is 10.9 Å². The molecule has 4 aromatic rings. The van der Waals surface area contributed by atoms with Crippen LogP contribution in [0.3, 0.4) is 0 Å². The van der Waals surface area contributed by atoms with Crippen molar-refractivity contribution in [1.29, 1.82) is 0 Å². The third-order valence-electron chi connectivity index (χ3n) is 4.31. The Hall–Kier alpha value is -2.05. The Bertz CT molecular complexity index is 1270. The first-order valence-corrected chi connectivity index (χ1v) is 10.6. The van der Waals surface area contributed by atoms with E-state index in [1.807, 2.05) is 0 Å². The number of hydrogen-bond acceptors (Lipinski definition) is 3. The fourth-order valence-electron chi connectivity index (χ4n) is 2.87. The van der Waals surface area contributed by atoms with Gasteiger partial charge in [-0.05, 0) is 42.5 Å². The number of benzene rings is 3. The molecule has 0 aliphatic rings. The minimum Gasteiger partial charge on any atom is -0.268 e. The van der Waals surface area contributed by atoms with Gasteiger partial charge in [0.05, 0.1) is 26.6 Å². The van der Waals surface area contributed by atoms with Crippen LogP contribution in [0, 0.1) is 5.82 Å². The number of halogens is 4. The molecule has 3 nitrogen and oxygen atoms in total. The van der Waals surface area contributed by atoms with Crippen molar-refractivity contribution in [3.05, 3.63) is 97.5 Å². The minimum atomic E-state index is -0.408. The second kappa shape index (κ2) is 8.36. The third kappa shape index (κ3) is 4.01. The first-order chi connectivity index (χ1) is 14.0. The summed E-state index contributed by atoms with van der Waals surface area (Å²) in [4.78, 5) is 17.8. The highest BCUT2D eigenvalue weighted by molar-refractivity contribution is 7.98. The van der Waals surface area contributed by atoms with Crippen molar-refractivity contribution in [1.82, 2.24) is 9.55 Å². The third-order valence-corrected chi connectivity index (χ3v) is 6.37. The molecule has 0 amide bonds. The van der Waals surface area contributed by atoms with Gasteiger partial charge in [-0.15, -0.1) is 0 Å².